The van der Waals surface area contributed by atoms with Gasteiger partial charge in [0.25, 0.3) is 5.69 Å². The van der Waals surface area contributed by atoms with E-state index in [0.29, 0.717) is 12.1 Å². The third kappa shape index (κ3) is 2.43. The predicted molar refractivity (Wildman–Crippen MR) is 52.8 cm³/mol. The normalized spacial score (nSPS) is 11.4. The Morgan fingerprint density at radius 3 is 2.24 bits per heavy atom. The second-order valence-corrected chi connectivity index (χ2v) is 3.44. The highest BCUT2D eigenvalue weighted by Crippen LogP contribution is 2.36. The maximum atomic E-state index is 12.5. The summed E-state index contributed by atoms with van der Waals surface area (Å²) in [6.07, 6.45) is -4.64. The van der Waals surface area contributed by atoms with E-state index in [1.54, 1.807) is 0 Å². The number of hydrogen-bond acceptors (Lipinski definition) is 3. The fourth-order valence-corrected chi connectivity index (χ4v) is 1.60. The molecule has 0 aliphatic heterocycles. The summed E-state index contributed by atoms with van der Waals surface area (Å²) in [4.78, 5) is 20.9. The van der Waals surface area contributed by atoms with Gasteiger partial charge < -0.3 is 0 Å². The second kappa shape index (κ2) is 4.15. The number of carbonyl (C=O) groups excluding carboxylic acids is 1. The van der Waals surface area contributed by atoms with Gasteiger partial charge in [-0.1, -0.05) is 0 Å². The molecule has 0 radical (unpaired) electrons. The summed E-state index contributed by atoms with van der Waals surface area (Å²) in [6, 6.07) is 1.31. The van der Waals surface area contributed by atoms with E-state index in [-0.39, 0.29) is 0 Å². The van der Waals surface area contributed by atoms with E-state index >= 15 is 0 Å². The topological polar surface area (TPSA) is 60.2 Å². The molecule has 0 amide bonds. The van der Waals surface area contributed by atoms with Gasteiger partial charge in [0.05, 0.1) is 16.1 Å². The van der Waals surface area contributed by atoms with Crippen molar-refractivity contribution < 1.29 is 22.9 Å². The molecule has 0 heterocycles. The van der Waals surface area contributed by atoms with E-state index in [1.807, 2.05) is 0 Å². The van der Waals surface area contributed by atoms with Crippen molar-refractivity contribution in [1.82, 2.24) is 0 Å². The molecule has 4 nitrogen and oxygen atoms in total. The lowest BCUT2D eigenvalue weighted by molar-refractivity contribution is -0.385. The molecule has 0 saturated heterocycles. The van der Waals surface area contributed by atoms with Gasteiger partial charge in [0, 0.05) is 6.07 Å². The summed E-state index contributed by atoms with van der Waals surface area (Å²) in [6.45, 7) is 2.04. The first-order valence-corrected chi connectivity index (χ1v) is 4.52. The van der Waals surface area contributed by atoms with Gasteiger partial charge in [0.1, 0.15) is 0 Å². The van der Waals surface area contributed by atoms with Crippen LogP contribution in [0.15, 0.2) is 12.1 Å². The SMILES string of the molecule is CC(=O)c1c([N+](=O)[O-])ccc(C(F)(F)F)c1C. The molecule has 17 heavy (non-hydrogen) atoms. The van der Waals surface area contributed by atoms with Gasteiger partial charge in [-0.15, -0.1) is 0 Å². The molecule has 0 aliphatic carbocycles. The number of nitrogens with zero attached hydrogens (tertiary/aromatic N) is 1. The van der Waals surface area contributed by atoms with Gasteiger partial charge in [0.2, 0.25) is 0 Å². The molecule has 1 aromatic rings. The standard InChI is InChI=1S/C10H8F3NO3/c1-5-7(10(11,12)13)3-4-8(14(16)17)9(5)6(2)15/h3-4H,1-2H3. The average Bonchev–Trinajstić information content (AvgIpc) is 2.13. The molecule has 0 aliphatic rings. The number of halogens is 3. The number of carbonyl (C=O) groups is 1. The predicted octanol–water partition coefficient (Wildman–Crippen LogP) is 3.12. The molecule has 0 aromatic heterocycles. The average molecular weight is 247 g/mol. The minimum atomic E-state index is -4.64. The summed E-state index contributed by atoms with van der Waals surface area (Å²) in [5, 5.41) is 10.6. The van der Waals surface area contributed by atoms with Gasteiger partial charge >= 0.3 is 6.18 Å². The minimum absolute atomic E-state index is 0.417. The number of nitro benzene ring substituents is 1. The van der Waals surface area contributed by atoms with Crippen molar-refractivity contribution in [2.24, 2.45) is 0 Å². The summed E-state index contributed by atoms with van der Waals surface area (Å²) < 4.78 is 37.6. The second-order valence-electron chi connectivity index (χ2n) is 3.44. The van der Waals surface area contributed by atoms with Crippen LogP contribution in [0.4, 0.5) is 18.9 Å². The Labute approximate surface area is 94.2 Å². The molecule has 1 rings (SSSR count). The Bertz CT molecular complexity index is 494. The molecule has 0 atom stereocenters. The molecule has 0 bridgehead atoms. The van der Waals surface area contributed by atoms with Crippen LogP contribution in [0.5, 0.6) is 0 Å². The van der Waals surface area contributed by atoms with Crippen molar-refractivity contribution in [3.63, 3.8) is 0 Å². The van der Waals surface area contributed by atoms with E-state index in [0.717, 1.165) is 13.8 Å². The first kappa shape index (κ1) is 13.1. The molecule has 0 spiro atoms. The molecular weight excluding hydrogens is 239 g/mol. The number of alkyl halides is 3. The Morgan fingerprint density at radius 2 is 1.88 bits per heavy atom. The zero-order valence-corrected chi connectivity index (χ0v) is 8.96. The fraction of sp³-hybridized carbons (Fsp3) is 0.300. The van der Waals surface area contributed by atoms with Crippen molar-refractivity contribution in [1.29, 1.82) is 0 Å². The Morgan fingerprint density at radius 1 is 1.35 bits per heavy atom. The lowest BCUT2D eigenvalue weighted by atomic mass is 9.97. The molecule has 7 heteroatoms. The van der Waals surface area contributed by atoms with Gasteiger partial charge in [-0.05, 0) is 25.5 Å². The highest BCUT2D eigenvalue weighted by molar-refractivity contribution is 5.99. The van der Waals surface area contributed by atoms with E-state index in [9.17, 15) is 28.1 Å². The Hall–Kier alpha value is -1.92. The fourth-order valence-electron chi connectivity index (χ4n) is 1.60. The van der Waals surface area contributed by atoms with Gasteiger partial charge in [-0.3, -0.25) is 14.9 Å². The lowest BCUT2D eigenvalue weighted by Crippen LogP contribution is -2.12. The number of benzene rings is 1. The van der Waals surface area contributed by atoms with Crippen molar-refractivity contribution in [3.05, 3.63) is 38.9 Å². The molecule has 92 valence electrons. The van der Waals surface area contributed by atoms with Crippen LogP contribution in [0, 0.1) is 17.0 Å². The molecule has 1 aromatic carbocycles. The molecule has 0 saturated carbocycles. The number of rotatable bonds is 2. The first-order valence-electron chi connectivity index (χ1n) is 4.52. The minimum Gasteiger partial charge on any atom is -0.294 e. The highest BCUT2D eigenvalue weighted by Gasteiger charge is 2.35. The summed E-state index contributed by atoms with van der Waals surface area (Å²) in [5.41, 5.74) is -2.56. The Balaban J connectivity index is 3.61. The lowest BCUT2D eigenvalue weighted by Gasteiger charge is -2.12. The summed E-state index contributed by atoms with van der Waals surface area (Å²) in [5.74, 6) is -0.764. The van der Waals surface area contributed by atoms with Crippen LogP contribution in [-0.4, -0.2) is 10.7 Å². The van der Waals surface area contributed by atoms with Gasteiger partial charge in [-0.25, -0.2) is 0 Å². The Kier molecular flexibility index (Phi) is 3.21. The first-order chi connectivity index (χ1) is 7.66. The molecule has 0 N–H and O–H groups in total. The van der Waals surface area contributed by atoms with Crippen LogP contribution in [0.2, 0.25) is 0 Å². The largest absolute Gasteiger partial charge is 0.416 e. The van der Waals surface area contributed by atoms with Crippen LogP contribution >= 0.6 is 0 Å². The van der Waals surface area contributed by atoms with Crippen LogP contribution in [0.25, 0.3) is 0 Å². The highest BCUT2D eigenvalue weighted by atomic mass is 19.4. The monoisotopic (exact) mass is 247 g/mol. The number of Topliss-reactive ketones (excluding diaryl/α,β-unsaturated/α-hetero) is 1. The molecular formula is C10H8F3NO3. The van der Waals surface area contributed by atoms with Crippen LogP contribution in [-0.2, 0) is 6.18 Å². The molecule has 0 unspecified atom stereocenters. The van der Waals surface area contributed by atoms with Crippen molar-refractivity contribution in [2.45, 2.75) is 20.0 Å². The molecule has 0 fully saturated rings. The van der Waals surface area contributed by atoms with E-state index in [2.05, 4.69) is 0 Å². The number of nitro groups is 1. The summed E-state index contributed by atoms with van der Waals surface area (Å²) >= 11 is 0. The third-order valence-electron chi connectivity index (χ3n) is 2.30. The zero-order valence-electron chi connectivity index (χ0n) is 8.96. The van der Waals surface area contributed by atoms with Crippen molar-refractivity contribution >= 4 is 11.5 Å². The summed E-state index contributed by atoms with van der Waals surface area (Å²) in [7, 11) is 0. The van der Waals surface area contributed by atoms with E-state index in [1.165, 1.54) is 0 Å². The maximum absolute atomic E-state index is 12.5. The van der Waals surface area contributed by atoms with Gasteiger partial charge in [0.15, 0.2) is 5.78 Å². The third-order valence-corrected chi connectivity index (χ3v) is 2.30. The quantitative estimate of drug-likeness (QED) is 0.458. The van der Waals surface area contributed by atoms with Crippen molar-refractivity contribution in [2.75, 3.05) is 0 Å². The van der Waals surface area contributed by atoms with E-state index < -0.39 is 39.3 Å². The smallest absolute Gasteiger partial charge is 0.294 e. The van der Waals surface area contributed by atoms with Crippen LogP contribution < -0.4 is 0 Å². The van der Waals surface area contributed by atoms with Crippen molar-refractivity contribution in [3.8, 4) is 0 Å². The maximum Gasteiger partial charge on any atom is 0.416 e. The van der Waals surface area contributed by atoms with Gasteiger partial charge in [-0.2, -0.15) is 13.2 Å². The van der Waals surface area contributed by atoms with E-state index in [4.69, 9.17) is 0 Å². The number of ketones is 1. The van der Waals surface area contributed by atoms with Crippen LogP contribution in [0.3, 0.4) is 0 Å². The zero-order chi connectivity index (χ0) is 13.4. The number of hydrogen-bond donors (Lipinski definition) is 0. The van der Waals surface area contributed by atoms with Crippen LogP contribution in [0.1, 0.15) is 28.4 Å².